The van der Waals surface area contributed by atoms with E-state index >= 15 is 0 Å². The van der Waals surface area contributed by atoms with Crippen LogP contribution in [0.5, 0.6) is 0 Å². The van der Waals surface area contributed by atoms with Crippen LogP contribution in [0.25, 0.3) is 0 Å². The van der Waals surface area contributed by atoms with Crippen molar-refractivity contribution in [2.45, 2.75) is 52.8 Å². The number of carbonyl (C=O) groups excluding carboxylic acids is 2. The number of rotatable bonds is 7. The fourth-order valence-corrected chi connectivity index (χ4v) is 1.48. The molecular formula is C14H27ClN2O2. The normalized spacial score (nSPS) is 12.6. The van der Waals surface area contributed by atoms with E-state index in [0.29, 0.717) is 24.9 Å². The molecule has 0 aromatic heterocycles. The monoisotopic (exact) mass is 290 g/mol. The Balaban J connectivity index is 4.44. The lowest BCUT2D eigenvalue weighted by atomic mass is 10.1. The summed E-state index contributed by atoms with van der Waals surface area (Å²) in [5, 5.41) is 1.65. The Morgan fingerprint density at radius 1 is 1.00 bits per heavy atom. The molecule has 0 saturated heterocycles. The van der Waals surface area contributed by atoms with Gasteiger partial charge in [-0.1, -0.05) is 27.7 Å². The summed E-state index contributed by atoms with van der Waals surface area (Å²) in [6.07, 6.45) is 1.85. The van der Waals surface area contributed by atoms with Crippen LogP contribution in [-0.2, 0) is 4.79 Å². The van der Waals surface area contributed by atoms with Crippen molar-refractivity contribution in [2.24, 2.45) is 11.8 Å². The van der Waals surface area contributed by atoms with Crippen LogP contribution in [0, 0.1) is 11.8 Å². The van der Waals surface area contributed by atoms with Gasteiger partial charge >= 0.3 is 6.03 Å². The Kier molecular flexibility index (Phi) is 8.81. The zero-order valence-corrected chi connectivity index (χ0v) is 13.5. The number of nitrogens with zero attached hydrogens (tertiary/aromatic N) is 1. The molecule has 0 rings (SSSR count). The minimum absolute atomic E-state index is 0.334. The summed E-state index contributed by atoms with van der Waals surface area (Å²) in [5.74, 6) is 0.611. The van der Waals surface area contributed by atoms with E-state index in [2.05, 4.69) is 33.0 Å². The van der Waals surface area contributed by atoms with Crippen LogP contribution in [-0.4, -0.2) is 35.3 Å². The fraction of sp³-hybridized carbons (Fsp3) is 0.857. The van der Waals surface area contributed by atoms with Gasteiger partial charge in [-0.3, -0.25) is 10.1 Å². The van der Waals surface area contributed by atoms with Gasteiger partial charge in [-0.25, -0.2) is 4.79 Å². The van der Waals surface area contributed by atoms with E-state index in [1.165, 1.54) is 0 Å². The van der Waals surface area contributed by atoms with Crippen LogP contribution in [0.2, 0.25) is 0 Å². The predicted molar refractivity (Wildman–Crippen MR) is 79.3 cm³/mol. The van der Waals surface area contributed by atoms with Crippen LogP contribution >= 0.6 is 11.6 Å². The molecule has 1 atom stereocenters. The van der Waals surface area contributed by atoms with Crippen LogP contribution in [0.4, 0.5) is 4.79 Å². The quantitative estimate of drug-likeness (QED) is 0.732. The molecule has 0 heterocycles. The third-order valence-electron chi connectivity index (χ3n) is 2.83. The summed E-state index contributed by atoms with van der Waals surface area (Å²) in [6.45, 7) is 11.3. The molecule has 5 heteroatoms. The topological polar surface area (TPSA) is 49.4 Å². The number of carbonyl (C=O) groups is 2. The van der Waals surface area contributed by atoms with Gasteiger partial charge in [0.25, 0.3) is 0 Å². The molecule has 3 amide bonds. The summed E-state index contributed by atoms with van der Waals surface area (Å²) < 4.78 is 0. The maximum Gasteiger partial charge on any atom is 0.324 e. The highest BCUT2D eigenvalue weighted by Gasteiger charge is 2.19. The first-order valence-corrected chi connectivity index (χ1v) is 7.41. The number of hydrogen-bond donors (Lipinski definition) is 1. The molecule has 112 valence electrons. The van der Waals surface area contributed by atoms with Crippen molar-refractivity contribution in [1.82, 2.24) is 10.2 Å². The third kappa shape index (κ3) is 8.87. The molecule has 0 fully saturated rings. The second kappa shape index (κ2) is 9.18. The lowest BCUT2D eigenvalue weighted by Gasteiger charge is -2.24. The zero-order chi connectivity index (χ0) is 15.0. The number of alkyl halides is 1. The molecule has 1 unspecified atom stereocenters. The van der Waals surface area contributed by atoms with Crippen LogP contribution < -0.4 is 5.32 Å². The van der Waals surface area contributed by atoms with E-state index < -0.39 is 11.3 Å². The van der Waals surface area contributed by atoms with Crippen molar-refractivity contribution >= 4 is 23.5 Å². The largest absolute Gasteiger partial charge is 0.324 e. The van der Waals surface area contributed by atoms with E-state index in [1.807, 2.05) is 0 Å². The second-order valence-corrected chi connectivity index (χ2v) is 6.42. The van der Waals surface area contributed by atoms with E-state index in [-0.39, 0.29) is 6.03 Å². The van der Waals surface area contributed by atoms with Gasteiger partial charge in [0.1, 0.15) is 5.38 Å². The molecule has 0 bridgehead atoms. The van der Waals surface area contributed by atoms with Crippen LogP contribution in [0.1, 0.15) is 47.5 Å². The van der Waals surface area contributed by atoms with E-state index in [9.17, 15) is 9.59 Å². The van der Waals surface area contributed by atoms with E-state index in [1.54, 1.807) is 11.8 Å². The van der Waals surface area contributed by atoms with Crippen molar-refractivity contribution in [3.63, 3.8) is 0 Å². The molecule has 0 radical (unpaired) electrons. The molecule has 4 nitrogen and oxygen atoms in total. The van der Waals surface area contributed by atoms with Gasteiger partial charge in [0, 0.05) is 13.1 Å². The Bertz CT molecular complexity index is 279. The summed E-state index contributed by atoms with van der Waals surface area (Å²) in [6, 6.07) is -0.334. The molecule has 0 spiro atoms. The highest BCUT2D eigenvalue weighted by Crippen LogP contribution is 2.07. The minimum Gasteiger partial charge on any atom is -0.324 e. The molecular weight excluding hydrogens is 264 g/mol. The number of halogens is 1. The average Bonchev–Trinajstić information content (AvgIpc) is 2.27. The number of amides is 3. The molecule has 0 aliphatic heterocycles. The first-order chi connectivity index (χ1) is 8.73. The highest BCUT2D eigenvalue weighted by atomic mass is 35.5. The minimum atomic E-state index is -0.694. The SMILES string of the molecule is CC(C)CCN(CCC(C)C)C(=O)NC(=O)C(C)Cl. The van der Waals surface area contributed by atoms with Crippen LogP contribution in [0.15, 0.2) is 0 Å². The number of hydrogen-bond acceptors (Lipinski definition) is 2. The number of nitrogens with one attached hydrogen (secondary N) is 1. The lowest BCUT2D eigenvalue weighted by molar-refractivity contribution is -0.119. The molecule has 0 aromatic carbocycles. The van der Waals surface area contributed by atoms with Crippen molar-refractivity contribution < 1.29 is 9.59 Å². The van der Waals surface area contributed by atoms with Crippen molar-refractivity contribution in [3.8, 4) is 0 Å². The lowest BCUT2D eigenvalue weighted by Crippen LogP contribution is -2.46. The van der Waals surface area contributed by atoms with Gasteiger partial charge in [0.2, 0.25) is 5.91 Å². The number of imide groups is 1. The van der Waals surface area contributed by atoms with Gasteiger partial charge in [0.05, 0.1) is 0 Å². The summed E-state index contributed by atoms with van der Waals surface area (Å²) in [4.78, 5) is 25.2. The summed E-state index contributed by atoms with van der Waals surface area (Å²) in [5.41, 5.74) is 0. The van der Waals surface area contributed by atoms with Gasteiger partial charge in [-0.05, 0) is 31.6 Å². The Morgan fingerprint density at radius 2 is 1.42 bits per heavy atom. The average molecular weight is 291 g/mol. The molecule has 0 aliphatic carbocycles. The number of urea groups is 1. The second-order valence-electron chi connectivity index (χ2n) is 5.76. The molecule has 19 heavy (non-hydrogen) atoms. The maximum atomic E-state index is 12.0. The smallest absolute Gasteiger partial charge is 0.324 e. The van der Waals surface area contributed by atoms with Gasteiger partial charge in [-0.15, -0.1) is 11.6 Å². The first-order valence-electron chi connectivity index (χ1n) is 6.97. The Hall–Kier alpha value is -0.770. The Labute approximate surface area is 121 Å². The maximum absolute atomic E-state index is 12.0. The van der Waals surface area contributed by atoms with E-state index in [0.717, 1.165) is 12.8 Å². The summed E-state index contributed by atoms with van der Waals surface area (Å²) in [7, 11) is 0. The van der Waals surface area contributed by atoms with Crippen molar-refractivity contribution in [1.29, 1.82) is 0 Å². The predicted octanol–water partition coefficient (Wildman–Crippen LogP) is 3.24. The molecule has 1 N–H and O–H groups in total. The van der Waals surface area contributed by atoms with Crippen molar-refractivity contribution in [3.05, 3.63) is 0 Å². The van der Waals surface area contributed by atoms with Gasteiger partial charge < -0.3 is 4.90 Å². The zero-order valence-electron chi connectivity index (χ0n) is 12.7. The standard InChI is InChI=1S/C14H27ClN2O2/c1-10(2)6-8-17(9-7-11(3)4)14(19)16-13(18)12(5)15/h10-12H,6-9H2,1-5H3,(H,16,18,19). The fourth-order valence-electron chi connectivity index (χ4n) is 1.43. The highest BCUT2D eigenvalue weighted by molar-refractivity contribution is 6.31. The van der Waals surface area contributed by atoms with Crippen molar-refractivity contribution in [2.75, 3.05) is 13.1 Å². The Morgan fingerprint density at radius 3 is 1.74 bits per heavy atom. The van der Waals surface area contributed by atoms with Gasteiger partial charge in [0.15, 0.2) is 0 Å². The van der Waals surface area contributed by atoms with E-state index in [4.69, 9.17) is 11.6 Å². The van der Waals surface area contributed by atoms with Gasteiger partial charge in [-0.2, -0.15) is 0 Å². The molecule has 0 aromatic rings. The molecule has 0 aliphatic rings. The first kappa shape index (κ1) is 18.2. The third-order valence-corrected chi connectivity index (χ3v) is 3.03. The summed E-state index contributed by atoms with van der Waals surface area (Å²) >= 11 is 5.65. The van der Waals surface area contributed by atoms with Crippen LogP contribution in [0.3, 0.4) is 0 Å². The molecule has 0 saturated carbocycles.